The standard InChI is InChI=1S/C23H23N3O5/c1-15-7-8-18(31-15)21(27)19-20(16-5-3-6-17(13-16)30-2)26(23(29)22(19)28)11-4-10-25-12-9-24-14-25/h3,5-9,12-14,20,28H,4,10-11H2,1-2H3. The summed E-state index contributed by atoms with van der Waals surface area (Å²) in [5, 5.41) is 10.7. The zero-order valence-electron chi connectivity index (χ0n) is 17.3. The summed E-state index contributed by atoms with van der Waals surface area (Å²) < 4.78 is 12.7. The Bertz CT molecular complexity index is 1130. The van der Waals surface area contributed by atoms with Crippen LogP contribution in [0.4, 0.5) is 0 Å². The number of carbonyl (C=O) groups is 2. The third-order valence-electron chi connectivity index (χ3n) is 5.30. The Morgan fingerprint density at radius 1 is 1.26 bits per heavy atom. The summed E-state index contributed by atoms with van der Waals surface area (Å²) in [5.74, 6) is -0.387. The second-order valence-electron chi connectivity index (χ2n) is 7.33. The molecule has 0 aliphatic carbocycles. The van der Waals surface area contributed by atoms with E-state index in [4.69, 9.17) is 9.15 Å². The number of ketones is 1. The maximum atomic E-state index is 13.2. The second-order valence-corrected chi connectivity index (χ2v) is 7.33. The Kier molecular flexibility index (Phi) is 5.62. The minimum Gasteiger partial charge on any atom is -0.503 e. The molecule has 2 aromatic heterocycles. The molecule has 8 heteroatoms. The number of carbonyl (C=O) groups excluding carboxylic acids is 2. The molecule has 1 atom stereocenters. The summed E-state index contributed by atoms with van der Waals surface area (Å²) >= 11 is 0. The van der Waals surface area contributed by atoms with Gasteiger partial charge in [0.15, 0.2) is 11.5 Å². The van der Waals surface area contributed by atoms with Gasteiger partial charge in [-0.3, -0.25) is 9.59 Å². The van der Waals surface area contributed by atoms with E-state index in [1.807, 2.05) is 16.8 Å². The molecule has 4 rings (SSSR count). The molecule has 3 heterocycles. The molecule has 1 unspecified atom stereocenters. The number of rotatable bonds is 8. The van der Waals surface area contributed by atoms with Crippen LogP contribution in [0.1, 0.15) is 34.3 Å². The van der Waals surface area contributed by atoms with E-state index in [2.05, 4.69) is 4.98 Å². The number of furan rings is 1. The first kappa shape index (κ1) is 20.5. The molecule has 8 nitrogen and oxygen atoms in total. The highest BCUT2D eigenvalue weighted by atomic mass is 16.5. The van der Waals surface area contributed by atoms with Gasteiger partial charge in [0.25, 0.3) is 5.91 Å². The lowest BCUT2D eigenvalue weighted by Gasteiger charge is -2.27. The van der Waals surface area contributed by atoms with Gasteiger partial charge in [0, 0.05) is 25.5 Å². The number of ether oxygens (including phenoxy) is 1. The van der Waals surface area contributed by atoms with Crippen molar-refractivity contribution in [2.45, 2.75) is 25.9 Å². The minimum atomic E-state index is -0.747. The van der Waals surface area contributed by atoms with Gasteiger partial charge in [-0.25, -0.2) is 4.98 Å². The van der Waals surface area contributed by atoms with Crippen LogP contribution in [0.15, 0.2) is 70.9 Å². The number of hydrogen-bond acceptors (Lipinski definition) is 6. The van der Waals surface area contributed by atoms with E-state index >= 15 is 0 Å². The van der Waals surface area contributed by atoms with Gasteiger partial charge in [-0.15, -0.1) is 0 Å². The van der Waals surface area contributed by atoms with Gasteiger partial charge in [0.05, 0.1) is 25.1 Å². The fourth-order valence-electron chi connectivity index (χ4n) is 3.81. The van der Waals surface area contributed by atoms with Crippen molar-refractivity contribution in [3.8, 4) is 5.75 Å². The van der Waals surface area contributed by atoms with Gasteiger partial charge in [-0.1, -0.05) is 12.1 Å². The summed E-state index contributed by atoms with van der Waals surface area (Å²) in [4.78, 5) is 31.7. The van der Waals surface area contributed by atoms with E-state index < -0.39 is 23.5 Å². The normalized spacial score (nSPS) is 16.3. The molecule has 0 bridgehead atoms. The molecule has 0 spiro atoms. The molecule has 1 N–H and O–H groups in total. The summed E-state index contributed by atoms with van der Waals surface area (Å²) in [7, 11) is 1.55. The van der Waals surface area contributed by atoms with Crippen LogP contribution in [0, 0.1) is 6.92 Å². The average molecular weight is 421 g/mol. The highest BCUT2D eigenvalue weighted by Crippen LogP contribution is 2.40. The SMILES string of the molecule is COc1cccc(C2C(C(=O)c3ccc(C)o3)=C(O)C(=O)N2CCCn2ccnc2)c1. The van der Waals surface area contributed by atoms with E-state index in [0.29, 0.717) is 36.6 Å². The zero-order chi connectivity index (χ0) is 22.0. The Hall–Kier alpha value is -3.81. The molecule has 3 aromatic rings. The van der Waals surface area contributed by atoms with Crippen LogP contribution in [-0.4, -0.2) is 44.9 Å². The Morgan fingerprint density at radius 3 is 2.77 bits per heavy atom. The second kappa shape index (κ2) is 8.51. The number of hydrogen-bond donors (Lipinski definition) is 1. The van der Waals surface area contributed by atoms with Gasteiger partial charge in [0.1, 0.15) is 11.5 Å². The van der Waals surface area contributed by atoms with Crippen LogP contribution in [0.2, 0.25) is 0 Å². The molecule has 160 valence electrons. The van der Waals surface area contributed by atoms with Crippen LogP contribution in [0.3, 0.4) is 0 Å². The number of imidazole rings is 1. The predicted octanol–water partition coefficient (Wildman–Crippen LogP) is 3.46. The van der Waals surface area contributed by atoms with Gasteiger partial charge in [-0.05, 0) is 43.2 Å². The number of aliphatic hydroxyl groups excluding tert-OH is 1. The van der Waals surface area contributed by atoms with Crippen LogP contribution in [-0.2, 0) is 11.3 Å². The number of benzene rings is 1. The molecule has 31 heavy (non-hydrogen) atoms. The molecule has 1 aliphatic heterocycles. The van der Waals surface area contributed by atoms with Crippen molar-refractivity contribution >= 4 is 11.7 Å². The molecule has 1 aliphatic rings. The van der Waals surface area contributed by atoms with Crippen LogP contribution < -0.4 is 4.74 Å². The first-order valence-corrected chi connectivity index (χ1v) is 9.94. The van der Waals surface area contributed by atoms with Gasteiger partial charge in [0.2, 0.25) is 5.78 Å². The van der Waals surface area contributed by atoms with Crippen LogP contribution in [0.25, 0.3) is 0 Å². The zero-order valence-corrected chi connectivity index (χ0v) is 17.3. The molecule has 0 fully saturated rings. The minimum absolute atomic E-state index is 0.00948. The lowest BCUT2D eigenvalue weighted by Crippen LogP contribution is -2.32. The van der Waals surface area contributed by atoms with Crippen molar-refractivity contribution in [2.24, 2.45) is 0 Å². The van der Waals surface area contributed by atoms with Gasteiger partial charge >= 0.3 is 0 Å². The van der Waals surface area contributed by atoms with E-state index in [0.717, 1.165) is 0 Å². The number of aryl methyl sites for hydroxylation is 2. The average Bonchev–Trinajstić information content (AvgIpc) is 3.50. The van der Waals surface area contributed by atoms with Crippen LogP contribution >= 0.6 is 0 Å². The van der Waals surface area contributed by atoms with Crippen molar-refractivity contribution in [1.82, 2.24) is 14.5 Å². The molecule has 0 radical (unpaired) electrons. The van der Waals surface area contributed by atoms with Crippen molar-refractivity contribution in [3.05, 3.63) is 83.5 Å². The fraction of sp³-hybridized carbons (Fsp3) is 0.261. The number of aliphatic hydroxyl groups is 1. The van der Waals surface area contributed by atoms with E-state index in [-0.39, 0.29) is 11.3 Å². The number of nitrogens with zero attached hydrogens (tertiary/aromatic N) is 3. The number of aromatic nitrogens is 2. The topological polar surface area (TPSA) is 97.8 Å². The van der Waals surface area contributed by atoms with E-state index in [9.17, 15) is 14.7 Å². The highest BCUT2D eigenvalue weighted by molar-refractivity contribution is 6.15. The molecular formula is C23H23N3O5. The summed E-state index contributed by atoms with van der Waals surface area (Å²) in [6.07, 6.45) is 5.86. The van der Waals surface area contributed by atoms with Gasteiger partial charge < -0.3 is 23.7 Å². The summed E-state index contributed by atoms with van der Waals surface area (Å²) in [6.45, 7) is 2.72. The smallest absolute Gasteiger partial charge is 0.290 e. The highest BCUT2D eigenvalue weighted by Gasteiger charge is 2.44. The van der Waals surface area contributed by atoms with E-state index in [1.165, 1.54) is 4.90 Å². The van der Waals surface area contributed by atoms with Crippen molar-refractivity contribution < 1.29 is 23.8 Å². The molecule has 1 amide bonds. The third-order valence-corrected chi connectivity index (χ3v) is 5.30. The van der Waals surface area contributed by atoms with Gasteiger partial charge in [-0.2, -0.15) is 0 Å². The molecular weight excluding hydrogens is 398 g/mol. The maximum absolute atomic E-state index is 13.2. The Morgan fingerprint density at radius 2 is 2.10 bits per heavy atom. The number of methoxy groups -OCH3 is 1. The van der Waals surface area contributed by atoms with Crippen molar-refractivity contribution in [2.75, 3.05) is 13.7 Å². The molecule has 1 aromatic carbocycles. The molecule has 0 saturated heterocycles. The third kappa shape index (κ3) is 3.96. The summed E-state index contributed by atoms with van der Waals surface area (Å²) in [6, 6.07) is 9.62. The Labute approximate surface area is 179 Å². The van der Waals surface area contributed by atoms with Crippen molar-refractivity contribution in [1.29, 1.82) is 0 Å². The molecule has 0 saturated carbocycles. The fourth-order valence-corrected chi connectivity index (χ4v) is 3.81. The first-order chi connectivity index (χ1) is 15.0. The van der Waals surface area contributed by atoms with Crippen molar-refractivity contribution in [3.63, 3.8) is 0 Å². The predicted molar refractivity (Wildman–Crippen MR) is 112 cm³/mol. The first-order valence-electron chi connectivity index (χ1n) is 9.94. The quantitative estimate of drug-likeness (QED) is 0.560. The Balaban J connectivity index is 1.69. The lowest BCUT2D eigenvalue weighted by atomic mass is 9.95. The monoisotopic (exact) mass is 421 g/mol. The largest absolute Gasteiger partial charge is 0.503 e. The van der Waals surface area contributed by atoms with E-state index in [1.54, 1.807) is 56.9 Å². The van der Waals surface area contributed by atoms with Crippen LogP contribution in [0.5, 0.6) is 5.75 Å². The number of Topliss-reactive ketones (excluding diaryl/α,β-unsaturated/α-hetero) is 1. The number of amides is 1. The summed E-state index contributed by atoms with van der Waals surface area (Å²) in [5.41, 5.74) is 0.682. The lowest BCUT2D eigenvalue weighted by molar-refractivity contribution is -0.129. The maximum Gasteiger partial charge on any atom is 0.290 e.